The van der Waals surface area contributed by atoms with E-state index in [1.807, 2.05) is 30.3 Å². The minimum absolute atomic E-state index is 0.0549. The van der Waals surface area contributed by atoms with Crippen molar-refractivity contribution in [2.24, 2.45) is 0 Å². The standard InChI is InChI=1S/C16H22N2O2/c1-18-9-7-14(8-10-18)11-17-16(19)13-20-12-15-5-3-2-4-6-15/h2-7H,8-13H2,1H3,(H,17,19). The van der Waals surface area contributed by atoms with Crippen LogP contribution in [0, 0.1) is 0 Å². The fraction of sp³-hybridized carbons (Fsp3) is 0.438. The molecular formula is C16H22N2O2. The average molecular weight is 274 g/mol. The van der Waals surface area contributed by atoms with Gasteiger partial charge in [-0.2, -0.15) is 0 Å². The van der Waals surface area contributed by atoms with Crippen molar-refractivity contribution in [3.05, 3.63) is 47.5 Å². The molecule has 1 aliphatic rings. The number of ether oxygens (including phenoxy) is 1. The first kappa shape index (κ1) is 14.8. The Hall–Kier alpha value is -1.65. The number of carbonyl (C=O) groups excluding carboxylic acids is 1. The van der Waals surface area contributed by atoms with Crippen molar-refractivity contribution in [1.82, 2.24) is 10.2 Å². The number of nitrogens with zero attached hydrogens (tertiary/aromatic N) is 1. The molecule has 1 aromatic rings. The van der Waals surface area contributed by atoms with Gasteiger partial charge in [0.05, 0.1) is 6.61 Å². The van der Waals surface area contributed by atoms with Crippen molar-refractivity contribution in [2.75, 3.05) is 33.3 Å². The van der Waals surface area contributed by atoms with Gasteiger partial charge in [-0.1, -0.05) is 42.0 Å². The molecule has 0 saturated carbocycles. The van der Waals surface area contributed by atoms with E-state index in [1.165, 1.54) is 5.57 Å². The van der Waals surface area contributed by atoms with E-state index in [2.05, 4.69) is 23.3 Å². The molecule has 1 N–H and O–H groups in total. The molecule has 0 unspecified atom stereocenters. The number of hydrogen-bond acceptors (Lipinski definition) is 3. The molecule has 2 rings (SSSR count). The van der Waals surface area contributed by atoms with Crippen LogP contribution >= 0.6 is 0 Å². The average Bonchev–Trinajstić information content (AvgIpc) is 2.48. The Balaban J connectivity index is 1.61. The summed E-state index contributed by atoms with van der Waals surface area (Å²) < 4.78 is 5.40. The van der Waals surface area contributed by atoms with Crippen LogP contribution in [0.3, 0.4) is 0 Å². The van der Waals surface area contributed by atoms with Crippen molar-refractivity contribution < 1.29 is 9.53 Å². The fourth-order valence-corrected chi connectivity index (χ4v) is 2.07. The van der Waals surface area contributed by atoms with E-state index in [9.17, 15) is 4.79 Å². The molecule has 0 radical (unpaired) electrons. The van der Waals surface area contributed by atoms with Gasteiger partial charge in [-0.25, -0.2) is 0 Å². The van der Waals surface area contributed by atoms with Crippen LogP contribution in [0.15, 0.2) is 42.0 Å². The predicted octanol–water partition coefficient (Wildman–Crippen LogP) is 1.58. The second-order valence-corrected chi connectivity index (χ2v) is 5.13. The normalized spacial score (nSPS) is 15.8. The molecule has 0 fully saturated rings. The quantitative estimate of drug-likeness (QED) is 0.801. The Morgan fingerprint density at radius 1 is 1.35 bits per heavy atom. The summed E-state index contributed by atoms with van der Waals surface area (Å²) in [6.07, 6.45) is 3.22. The third kappa shape index (κ3) is 5.15. The van der Waals surface area contributed by atoms with E-state index >= 15 is 0 Å². The van der Waals surface area contributed by atoms with Crippen LogP contribution in [-0.4, -0.2) is 44.1 Å². The lowest BCUT2D eigenvalue weighted by Gasteiger charge is -2.22. The third-order valence-electron chi connectivity index (χ3n) is 3.36. The summed E-state index contributed by atoms with van der Waals surface area (Å²) in [5.74, 6) is -0.0549. The predicted molar refractivity (Wildman–Crippen MR) is 79.3 cm³/mol. The van der Waals surface area contributed by atoms with Crippen LogP contribution in [0.2, 0.25) is 0 Å². The molecule has 0 aliphatic carbocycles. The highest BCUT2D eigenvalue weighted by molar-refractivity contribution is 5.77. The number of carbonyl (C=O) groups is 1. The maximum absolute atomic E-state index is 11.7. The van der Waals surface area contributed by atoms with Gasteiger partial charge in [0.15, 0.2) is 0 Å². The summed E-state index contributed by atoms with van der Waals surface area (Å²) in [4.78, 5) is 13.9. The van der Waals surface area contributed by atoms with Gasteiger partial charge >= 0.3 is 0 Å². The smallest absolute Gasteiger partial charge is 0.246 e. The zero-order valence-corrected chi connectivity index (χ0v) is 12.0. The van der Waals surface area contributed by atoms with Gasteiger partial charge in [-0.05, 0) is 19.0 Å². The molecule has 0 spiro atoms. The number of rotatable bonds is 6. The van der Waals surface area contributed by atoms with Crippen LogP contribution in [0.4, 0.5) is 0 Å². The summed E-state index contributed by atoms with van der Waals surface area (Å²) in [5.41, 5.74) is 2.39. The minimum Gasteiger partial charge on any atom is -0.367 e. The third-order valence-corrected chi connectivity index (χ3v) is 3.36. The molecule has 0 aromatic heterocycles. The minimum atomic E-state index is -0.0549. The summed E-state index contributed by atoms with van der Waals surface area (Å²) >= 11 is 0. The summed E-state index contributed by atoms with van der Waals surface area (Å²) in [5, 5.41) is 2.90. The van der Waals surface area contributed by atoms with Crippen LogP contribution in [0.25, 0.3) is 0 Å². The van der Waals surface area contributed by atoms with Gasteiger partial charge in [0.25, 0.3) is 0 Å². The van der Waals surface area contributed by atoms with Gasteiger partial charge in [-0.15, -0.1) is 0 Å². The maximum atomic E-state index is 11.7. The molecule has 108 valence electrons. The molecule has 4 nitrogen and oxygen atoms in total. The van der Waals surface area contributed by atoms with Gasteiger partial charge in [0, 0.05) is 19.6 Å². The number of nitrogens with one attached hydrogen (secondary N) is 1. The van der Waals surface area contributed by atoms with E-state index < -0.39 is 0 Å². The van der Waals surface area contributed by atoms with E-state index in [0.717, 1.165) is 25.1 Å². The van der Waals surface area contributed by atoms with Gasteiger partial charge < -0.3 is 15.0 Å². The van der Waals surface area contributed by atoms with Crippen LogP contribution in [0.5, 0.6) is 0 Å². The Morgan fingerprint density at radius 3 is 2.85 bits per heavy atom. The van der Waals surface area contributed by atoms with Gasteiger partial charge in [0.2, 0.25) is 5.91 Å². The number of amides is 1. The van der Waals surface area contributed by atoms with Crippen LogP contribution < -0.4 is 5.32 Å². The topological polar surface area (TPSA) is 41.6 Å². The summed E-state index contributed by atoms with van der Waals surface area (Å²) in [6, 6.07) is 9.87. The molecule has 0 bridgehead atoms. The second-order valence-electron chi connectivity index (χ2n) is 5.13. The zero-order chi connectivity index (χ0) is 14.2. The van der Waals surface area contributed by atoms with Crippen molar-refractivity contribution >= 4 is 5.91 Å². The van der Waals surface area contributed by atoms with Crippen LogP contribution in [-0.2, 0) is 16.1 Å². The lowest BCUT2D eigenvalue weighted by atomic mass is 10.1. The Labute approximate surface area is 120 Å². The summed E-state index contributed by atoms with van der Waals surface area (Å²) in [6.45, 7) is 3.26. The van der Waals surface area contributed by atoms with Crippen LogP contribution in [0.1, 0.15) is 12.0 Å². The van der Waals surface area contributed by atoms with E-state index in [-0.39, 0.29) is 12.5 Å². The second kappa shape index (κ2) is 7.82. The highest BCUT2D eigenvalue weighted by Gasteiger charge is 2.08. The highest BCUT2D eigenvalue weighted by Crippen LogP contribution is 2.07. The monoisotopic (exact) mass is 274 g/mol. The molecule has 1 amide bonds. The molecule has 4 heteroatoms. The van der Waals surface area contributed by atoms with Gasteiger partial charge in [-0.3, -0.25) is 4.79 Å². The fourth-order valence-electron chi connectivity index (χ4n) is 2.07. The lowest BCUT2D eigenvalue weighted by molar-refractivity contribution is -0.125. The van der Waals surface area contributed by atoms with Crippen molar-refractivity contribution in [1.29, 1.82) is 0 Å². The first-order chi connectivity index (χ1) is 9.74. The first-order valence-electron chi connectivity index (χ1n) is 6.99. The molecule has 1 heterocycles. The van der Waals surface area contributed by atoms with E-state index in [1.54, 1.807) is 0 Å². The molecule has 1 aromatic carbocycles. The lowest BCUT2D eigenvalue weighted by Crippen LogP contribution is -2.32. The Kier molecular flexibility index (Phi) is 5.77. The number of hydrogen-bond donors (Lipinski definition) is 1. The molecule has 0 saturated heterocycles. The Morgan fingerprint density at radius 2 is 2.15 bits per heavy atom. The summed E-state index contributed by atoms with van der Waals surface area (Å²) in [7, 11) is 2.10. The SMILES string of the molecule is CN1CC=C(CNC(=O)COCc2ccccc2)CC1. The largest absolute Gasteiger partial charge is 0.367 e. The molecule has 0 atom stereocenters. The number of likely N-dealkylation sites (N-methyl/N-ethyl adjacent to an activating group) is 1. The first-order valence-corrected chi connectivity index (χ1v) is 6.99. The van der Waals surface area contributed by atoms with E-state index in [4.69, 9.17) is 4.74 Å². The number of benzene rings is 1. The molecule has 20 heavy (non-hydrogen) atoms. The zero-order valence-electron chi connectivity index (χ0n) is 12.0. The van der Waals surface area contributed by atoms with Gasteiger partial charge in [0.1, 0.15) is 6.61 Å². The molecular weight excluding hydrogens is 252 g/mol. The molecule has 1 aliphatic heterocycles. The highest BCUT2D eigenvalue weighted by atomic mass is 16.5. The van der Waals surface area contributed by atoms with Crippen molar-refractivity contribution in [2.45, 2.75) is 13.0 Å². The van der Waals surface area contributed by atoms with Crippen molar-refractivity contribution in [3.8, 4) is 0 Å². The van der Waals surface area contributed by atoms with E-state index in [0.29, 0.717) is 13.2 Å². The maximum Gasteiger partial charge on any atom is 0.246 e. The van der Waals surface area contributed by atoms with Crippen molar-refractivity contribution in [3.63, 3.8) is 0 Å². The Bertz CT molecular complexity index is 457.